The Morgan fingerprint density at radius 2 is 1.79 bits per heavy atom. The minimum atomic E-state index is -0.447. The average molecular weight is 329 g/mol. The second kappa shape index (κ2) is 6.62. The van der Waals surface area contributed by atoms with Crippen LogP contribution in [-0.2, 0) is 0 Å². The predicted octanol–water partition coefficient (Wildman–Crippen LogP) is 4.08. The summed E-state index contributed by atoms with van der Waals surface area (Å²) in [5, 5.41) is 10.4. The van der Waals surface area contributed by atoms with Crippen molar-refractivity contribution >= 4 is 15.9 Å². The first-order valence-electron chi connectivity index (χ1n) is 6.75. The SMILES string of the molecule is COc1cc(Br)c(C(O)CC2CCCC2)cc1OC. The van der Waals surface area contributed by atoms with Gasteiger partial charge in [-0.2, -0.15) is 0 Å². The molecule has 19 heavy (non-hydrogen) atoms. The zero-order chi connectivity index (χ0) is 13.8. The van der Waals surface area contributed by atoms with Crippen LogP contribution in [0.5, 0.6) is 11.5 Å². The van der Waals surface area contributed by atoms with Gasteiger partial charge in [-0.25, -0.2) is 0 Å². The molecule has 0 amide bonds. The Bertz CT molecular complexity index is 428. The summed E-state index contributed by atoms with van der Waals surface area (Å²) in [5.41, 5.74) is 0.879. The summed E-state index contributed by atoms with van der Waals surface area (Å²) in [6, 6.07) is 3.72. The van der Waals surface area contributed by atoms with E-state index in [0.29, 0.717) is 17.4 Å². The third-order valence-electron chi connectivity index (χ3n) is 3.89. The number of rotatable bonds is 5. The number of methoxy groups -OCH3 is 2. The highest BCUT2D eigenvalue weighted by atomic mass is 79.9. The minimum absolute atomic E-state index is 0.447. The quantitative estimate of drug-likeness (QED) is 0.885. The molecule has 1 aromatic carbocycles. The van der Waals surface area contributed by atoms with Gasteiger partial charge in [-0.05, 0) is 30.0 Å². The number of hydrogen-bond acceptors (Lipinski definition) is 3. The molecule has 0 spiro atoms. The topological polar surface area (TPSA) is 38.7 Å². The van der Waals surface area contributed by atoms with Crippen molar-refractivity contribution in [3.05, 3.63) is 22.2 Å². The molecule has 3 nitrogen and oxygen atoms in total. The highest BCUT2D eigenvalue weighted by Crippen LogP contribution is 2.39. The van der Waals surface area contributed by atoms with E-state index in [1.165, 1.54) is 25.7 Å². The van der Waals surface area contributed by atoms with Gasteiger partial charge in [0.25, 0.3) is 0 Å². The van der Waals surface area contributed by atoms with Crippen LogP contribution in [0.1, 0.15) is 43.8 Å². The molecule has 0 aromatic heterocycles. The van der Waals surface area contributed by atoms with E-state index in [2.05, 4.69) is 15.9 Å². The second-order valence-corrected chi connectivity index (χ2v) is 5.99. The molecule has 1 N–H and O–H groups in total. The summed E-state index contributed by atoms with van der Waals surface area (Å²) < 4.78 is 11.4. The van der Waals surface area contributed by atoms with Gasteiger partial charge in [0.15, 0.2) is 11.5 Å². The first kappa shape index (κ1) is 14.7. The standard InChI is InChI=1S/C15H21BrO3/c1-18-14-8-11(12(16)9-15(14)19-2)13(17)7-10-5-3-4-6-10/h8-10,13,17H,3-7H2,1-2H3. The summed E-state index contributed by atoms with van der Waals surface area (Å²) in [7, 11) is 3.22. The van der Waals surface area contributed by atoms with E-state index in [0.717, 1.165) is 16.5 Å². The maximum Gasteiger partial charge on any atom is 0.161 e. The predicted molar refractivity (Wildman–Crippen MR) is 78.8 cm³/mol. The number of ether oxygens (including phenoxy) is 2. The molecule has 1 fully saturated rings. The minimum Gasteiger partial charge on any atom is -0.493 e. The molecule has 106 valence electrons. The van der Waals surface area contributed by atoms with Crippen molar-refractivity contribution in [3.63, 3.8) is 0 Å². The van der Waals surface area contributed by atoms with Crippen LogP contribution in [0.2, 0.25) is 0 Å². The molecule has 1 aromatic rings. The molecular weight excluding hydrogens is 308 g/mol. The van der Waals surface area contributed by atoms with Crippen LogP contribution in [0.4, 0.5) is 0 Å². The Kier molecular flexibility index (Phi) is 5.11. The van der Waals surface area contributed by atoms with Crippen molar-refractivity contribution in [1.29, 1.82) is 0 Å². The number of benzene rings is 1. The summed E-state index contributed by atoms with van der Waals surface area (Å²) in [6.45, 7) is 0. The normalized spacial score (nSPS) is 17.5. The van der Waals surface area contributed by atoms with Gasteiger partial charge in [-0.15, -0.1) is 0 Å². The van der Waals surface area contributed by atoms with Crippen molar-refractivity contribution in [2.24, 2.45) is 5.92 Å². The maximum absolute atomic E-state index is 10.4. The first-order valence-corrected chi connectivity index (χ1v) is 7.54. The van der Waals surface area contributed by atoms with E-state index in [4.69, 9.17) is 9.47 Å². The zero-order valence-corrected chi connectivity index (χ0v) is 13.1. The molecular formula is C15H21BrO3. The second-order valence-electron chi connectivity index (χ2n) is 5.13. The smallest absolute Gasteiger partial charge is 0.161 e. The fraction of sp³-hybridized carbons (Fsp3) is 0.600. The van der Waals surface area contributed by atoms with Crippen molar-refractivity contribution in [2.75, 3.05) is 14.2 Å². The zero-order valence-electron chi connectivity index (χ0n) is 11.5. The Hall–Kier alpha value is -0.740. The van der Waals surface area contributed by atoms with Crippen molar-refractivity contribution in [3.8, 4) is 11.5 Å². The fourth-order valence-electron chi connectivity index (χ4n) is 2.81. The Morgan fingerprint density at radius 1 is 1.21 bits per heavy atom. The Labute approximate surface area is 123 Å². The van der Waals surface area contributed by atoms with Crippen LogP contribution in [-0.4, -0.2) is 19.3 Å². The van der Waals surface area contributed by atoms with Gasteiger partial charge in [0.1, 0.15) is 0 Å². The van der Waals surface area contributed by atoms with Crippen LogP contribution in [0, 0.1) is 5.92 Å². The number of hydrogen-bond donors (Lipinski definition) is 1. The Balaban J connectivity index is 2.17. The summed E-state index contributed by atoms with van der Waals surface area (Å²) in [6.07, 6.45) is 5.45. The summed E-state index contributed by atoms with van der Waals surface area (Å²) in [4.78, 5) is 0. The van der Waals surface area contributed by atoms with Gasteiger partial charge in [0.05, 0.1) is 20.3 Å². The van der Waals surface area contributed by atoms with Crippen LogP contribution in [0.15, 0.2) is 16.6 Å². The first-order chi connectivity index (χ1) is 9.15. The highest BCUT2D eigenvalue weighted by molar-refractivity contribution is 9.10. The van der Waals surface area contributed by atoms with E-state index in [-0.39, 0.29) is 0 Å². The maximum atomic E-state index is 10.4. The van der Waals surface area contributed by atoms with Gasteiger partial charge in [0, 0.05) is 4.47 Å². The molecule has 0 saturated heterocycles. The van der Waals surface area contributed by atoms with Gasteiger partial charge < -0.3 is 14.6 Å². The molecule has 1 saturated carbocycles. The number of aliphatic hydroxyl groups is 1. The summed E-state index contributed by atoms with van der Waals surface area (Å²) >= 11 is 3.51. The van der Waals surface area contributed by atoms with Gasteiger partial charge in [-0.1, -0.05) is 41.6 Å². The molecule has 4 heteroatoms. The van der Waals surface area contributed by atoms with Crippen molar-refractivity contribution in [1.82, 2.24) is 0 Å². The molecule has 1 aliphatic carbocycles. The van der Waals surface area contributed by atoms with Crippen LogP contribution >= 0.6 is 15.9 Å². The van der Waals surface area contributed by atoms with E-state index in [9.17, 15) is 5.11 Å². The lowest BCUT2D eigenvalue weighted by atomic mass is 9.95. The molecule has 1 atom stereocenters. The summed E-state index contributed by atoms with van der Waals surface area (Å²) in [5.74, 6) is 1.98. The third kappa shape index (κ3) is 3.42. The molecule has 2 rings (SSSR count). The highest BCUT2D eigenvalue weighted by Gasteiger charge is 2.22. The van der Waals surface area contributed by atoms with Crippen LogP contribution in [0.25, 0.3) is 0 Å². The number of aliphatic hydroxyl groups excluding tert-OH is 1. The Morgan fingerprint density at radius 3 is 2.37 bits per heavy atom. The lowest BCUT2D eigenvalue weighted by Gasteiger charge is -2.19. The molecule has 1 aliphatic rings. The van der Waals surface area contributed by atoms with Crippen LogP contribution < -0.4 is 9.47 Å². The molecule has 0 bridgehead atoms. The average Bonchev–Trinajstić information content (AvgIpc) is 2.90. The van der Waals surface area contributed by atoms with E-state index in [1.54, 1.807) is 14.2 Å². The largest absolute Gasteiger partial charge is 0.493 e. The lowest BCUT2D eigenvalue weighted by molar-refractivity contribution is 0.143. The van der Waals surface area contributed by atoms with E-state index >= 15 is 0 Å². The van der Waals surface area contributed by atoms with E-state index in [1.807, 2.05) is 12.1 Å². The van der Waals surface area contributed by atoms with Gasteiger partial charge >= 0.3 is 0 Å². The van der Waals surface area contributed by atoms with E-state index < -0.39 is 6.10 Å². The third-order valence-corrected chi connectivity index (χ3v) is 4.58. The number of halogens is 1. The molecule has 1 unspecified atom stereocenters. The van der Waals surface area contributed by atoms with Gasteiger partial charge in [0.2, 0.25) is 0 Å². The monoisotopic (exact) mass is 328 g/mol. The molecule has 0 aliphatic heterocycles. The van der Waals surface area contributed by atoms with Crippen molar-refractivity contribution in [2.45, 2.75) is 38.2 Å². The molecule has 0 heterocycles. The lowest BCUT2D eigenvalue weighted by Crippen LogP contribution is -2.06. The van der Waals surface area contributed by atoms with Gasteiger partial charge in [-0.3, -0.25) is 0 Å². The molecule has 0 radical (unpaired) electrons. The van der Waals surface area contributed by atoms with Crippen LogP contribution in [0.3, 0.4) is 0 Å². The fourth-order valence-corrected chi connectivity index (χ4v) is 3.40. The van der Waals surface area contributed by atoms with Crippen molar-refractivity contribution < 1.29 is 14.6 Å².